The molecule has 25 heavy (non-hydrogen) atoms. The van der Waals surface area contributed by atoms with E-state index < -0.39 is 10.0 Å². The third-order valence-corrected chi connectivity index (χ3v) is 5.83. The number of methoxy groups -OCH3 is 1. The van der Waals surface area contributed by atoms with Gasteiger partial charge in [0.2, 0.25) is 10.0 Å². The van der Waals surface area contributed by atoms with Gasteiger partial charge in [-0.3, -0.25) is 4.79 Å². The van der Waals surface area contributed by atoms with E-state index in [4.69, 9.17) is 4.74 Å². The minimum atomic E-state index is -3.74. The zero-order valence-corrected chi connectivity index (χ0v) is 15.1. The van der Waals surface area contributed by atoms with E-state index in [2.05, 4.69) is 4.72 Å². The first-order valence-corrected chi connectivity index (χ1v) is 9.40. The van der Waals surface area contributed by atoms with Gasteiger partial charge in [0.15, 0.2) is 0 Å². The normalized spacial score (nSPS) is 16.6. The number of anilines is 1. The summed E-state index contributed by atoms with van der Waals surface area (Å²) in [6, 6.07) is 12.2. The smallest absolute Gasteiger partial charge is 0.258 e. The molecule has 1 N–H and O–H groups in total. The lowest BCUT2D eigenvalue weighted by Gasteiger charge is -2.23. The predicted octanol–water partition coefficient (Wildman–Crippen LogP) is 2.19. The summed E-state index contributed by atoms with van der Waals surface area (Å²) in [5.41, 5.74) is 2.28. The molecular formula is C18H20N2O4S. The van der Waals surface area contributed by atoms with Crippen LogP contribution >= 0.6 is 0 Å². The number of hydrogen-bond acceptors (Lipinski definition) is 4. The van der Waals surface area contributed by atoms with Crippen molar-refractivity contribution in [2.75, 3.05) is 19.1 Å². The Balaban J connectivity index is 2.06. The van der Waals surface area contributed by atoms with Crippen LogP contribution in [0, 0.1) is 0 Å². The van der Waals surface area contributed by atoms with Gasteiger partial charge in [0.1, 0.15) is 10.6 Å². The Kier molecular flexibility index (Phi) is 4.53. The molecule has 2 aromatic rings. The van der Waals surface area contributed by atoms with E-state index in [1.54, 1.807) is 11.0 Å². The van der Waals surface area contributed by atoms with Gasteiger partial charge in [-0.15, -0.1) is 0 Å². The molecule has 2 aromatic carbocycles. The number of amides is 1. The van der Waals surface area contributed by atoms with Crippen LogP contribution in [0.1, 0.15) is 22.8 Å². The summed E-state index contributed by atoms with van der Waals surface area (Å²) in [5.74, 6) is -0.0339. The molecule has 0 saturated heterocycles. The molecule has 132 valence electrons. The van der Waals surface area contributed by atoms with Crippen molar-refractivity contribution in [1.29, 1.82) is 0 Å². The number of para-hydroxylation sites is 1. The van der Waals surface area contributed by atoms with Gasteiger partial charge in [-0.2, -0.15) is 0 Å². The molecule has 0 saturated carbocycles. The maximum Gasteiger partial charge on any atom is 0.258 e. The Bertz CT molecular complexity index is 924. The minimum Gasteiger partial charge on any atom is -0.495 e. The molecule has 1 atom stereocenters. The summed E-state index contributed by atoms with van der Waals surface area (Å²) < 4.78 is 31.8. The lowest BCUT2D eigenvalue weighted by Crippen LogP contribution is -2.35. The van der Waals surface area contributed by atoms with E-state index in [1.165, 1.54) is 26.3 Å². The molecule has 0 aliphatic carbocycles. The highest BCUT2D eigenvalue weighted by Crippen LogP contribution is 2.34. The maximum atomic E-state index is 13.1. The number of benzene rings is 2. The molecule has 0 unspecified atom stereocenters. The van der Waals surface area contributed by atoms with E-state index in [1.807, 2.05) is 31.2 Å². The predicted molar refractivity (Wildman–Crippen MR) is 95.7 cm³/mol. The van der Waals surface area contributed by atoms with E-state index in [0.29, 0.717) is 5.56 Å². The maximum absolute atomic E-state index is 13.1. The number of carbonyl (C=O) groups is 1. The average Bonchev–Trinajstić information content (AvgIpc) is 2.96. The number of sulfonamides is 1. The zero-order valence-electron chi connectivity index (χ0n) is 14.3. The fourth-order valence-electron chi connectivity index (χ4n) is 3.14. The summed E-state index contributed by atoms with van der Waals surface area (Å²) in [6.45, 7) is 1.98. The number of carbonyl (C=O) groups excluding carboxylic acids is 1. The van der Waals surface area contributed by atoms with Gasteiger partial charge in [0, 0.05) is 17.3 Å². The van der Waals surface area contributed by atoms with Crippen molar-refractivity contribution in [3.8, 4) is 5.75 Å². The first-order valence-electron chi connectivity index (χ1n) is 7.92. The fraction of sp³-hybridized carbons (Fsp3) is 0.278. The van der Waals surface area contributed by atoms with Gasteiger partial charge in [-0.25, -0.2) is 13.1 Å². The summed E-state index contributed by atoms with van der Waals surface area (Å²) in [5, 5.41) is 0. The molecule has 0 fully saturated rings. The number of rotatable bonds is 4. The van der Waals surface area contributed by atoms with Crippen LogP contribution in [0.4, 0.5) is 5.69 Å². The SMILES string of the molecule is CNS(=O)(=O)c1cc(C(=O)N2c3ccccc3C[C@@H]2C)ccc1OC. The van der Waals surface area contributed by atoms with Crippen molar-refractivity contribution in [2.45, 2.75) is 24.3 Å². The summed E-state index contributed by atoms with van der Waals surface area (Å²) >= 11 is 0. The van der Waals surface area contributed by atoms with E-state index in [9.17, 15) is 13.2 Å². The van der Waals surface area contributed by atoms with Crippen LogP contribution in [0.3, 0.4) is 0 Å². The molecule has 1 aliphatic heterocycles. The number of nitrogens with one attached hydrogen (secondary N) is 1. The van der Waals surface area contributed by atoms with Crippen molar-refractivity contribution in [3.63, 3.8) is 0 Å². The van der Waals surface area contributed by atoms with Crippen LogP contribution in [-0.2, 0) is 16.4 Å². The van der Waals surface area contributed by atoms with Gasteiger partial charge < -0.3 is 9.64 Å². The van der Waals surface area contributed by atoms with Crippen molar-refractivity contribution in [2.24, 2.45) is 0 Å². The molecular weight excluding hydrogens is 340 g/mol. The van der Waals surface area contributed by atoms with Crippen LogP contribution in [0.5, 0.6) is 5.75 Å². The fourth-order valence-corrected chi connectivity index (χ4v) is 4.06. The Morgan fingerprint density at radius 3 is 2.64 bits per heavy atom. The third-order valence-electron chi connectivity index (χ3n) is 4.39. The van der Waals surface area contributed by atoms with Crippen LogP contribution in [0.2, 0.25) is 0 Å². The first-order chi connectivity index (χ1) is 11.9. The largest absolute Gasteiger partial charge is 0.495 e. The Labute approximate surface area is 147 Å². The van der Waals surface area contributed by atoms with E-state index in [0.717, 1.165) is 17.7 Å². The minimum absolute atomic E-state index is 0.0105. The van der Waals surface area contributed by atoms with Crippen LogP contribution in [0.15, 0.2) is 47.4 Å². The highest BCUT2D eigenvalue weighted by Gasteiger charge is 2.32. The monoisotopic (exact) mass is 360 g/mol. The van der Waals surface area contributed by atoms with E-state index in [-0.39, 0.29) is 22.6 Å². The van der Waals surface area contributed by atoms with Crippen LogP contribution in [0.25, 0.3) is 0 Å². The number of hydrogen-bond donors (Lipinski definition) is 1. The molecule has 0 bridgehead atoms. The van der Waals surface area contributed by atoms with Gasteiger partial charge >= 0.3 is 0 Å². The standard InChI is InChI=1S/C18H20N2O4S/c1-12-10-13-6-4-5-7-15(13)20(12)18(21)14-8-9-16(24-3)17(11-14)25(22,23)19-2/h4-9,11-12,19H,10H2,1-3H3/t12-/m0/s1. The molecule has 0 aromatic heterocycles. The molecule has 7 heteroatoms. The third kappa shape index (κ3) is 3.01. The van der Waals surface area contributed by atoms with Crippen molar-refractivity contribution < 1.29 is 17.9 Å². The highest BCUT2D eigenvalue weighted by atomic mass is 32.2. The van der Waals surface area contributed by atoms with Crippen molar-refractivity contribution in [3.05, 3.63) is 53.6 Å². The molecule has 1 aliphatic rings. The van der Waals surface area contributed by atoms with Gasteiger partial charge in [0.25, 0.3) is 5.91 Å². The van der Waals surface area contributed by atoms with Crippen molar-refractivity contribution >= 4 is 21.6 Å². The second kappa shape index (κ2) is 6.50. The molecule has 1 amide bonds. The highest BCUT2D eigenvalue weighted by molar-refractivity contribution is 7.89. The Hall–Kier alpha value is -2.38. The average molecular weight is 360 g/mol. The summed E-state index contributed by atoms with van der Waals surface area (Å²) in [7, 11) is -1.03. The number of ether oxygens (including phenoxy) is 1. The van der Waals surface area contributed by atoms with Crippen LogP contribution in [-0.4, -0.2) is 34.5 Å². The summed E-state index contributed by atoms with van der Waals surface area (Å²) in [6.07, 6.45) is 0.778. The van der Waals surface area contributed by atoms with Crippen LogP contribution < -0.4 is 14.4 Å². The van der Waals surface area contributed by atoms with Gasteiger partial charge in [-0.05, 0) is 50.2 Å². The second-order valence-corrected chi connectivity index (χ2v) is 7.79. The quantitative estimate of drug-likeness (QED) is 0.907. The number of fused-ring (bicyclic) bond motifs is 1. The van der Waals surface area contributed by atoms with Crippen molar-refractivity contribution in [1.82, 2.24) is 4.72 Å². The molecule has 3 rings (SSSR count). The zero-order chi connectivity index (χ0) is 18.2. The van der Waals surface area contributed by atoms with Gasteiger partial charge in [0.05, 0.1) is 7.11 Å². The second-order valence-electron chi connectivity index (χ2n) is 5.93. The topological polar surface area (TPSA) is 75.7 Å². The molecule has 1 heterocycles. The Morgan fingerprint density at radius 2 is 1.96 bits per heavy atom. The lowest BCUT2D eigenvalue weighted by atomic mass is 10.1. The molecule has 0 radical (unpaired) electrons. The Morgan fingerprint density at radius 1 is 1.24 bits per heavy atom. The molecule has 6 nitrogen and oxygen atoms in total. The van der Waals surface area contributed by atoms with Gasteiger partial charge in [-0.1, -0.05) is 18.2 Å². The lowest BCUT2D eigenvalue weighted by molar-refractivity contribution is 0.0981. The number of nitrogens with zero attached hydrogens (tertiary/aromatic N) is 1. The molecule has 0 spiro atoms. The van der Waals surface area contributed by atoms with E-state index >= 15 is 0 Å². The summed E-state index contributed by atoms with van der Waals surface area (Å²) in [4.78, 5) is 14.7. The first kappa shape index (κ1) is 17.4.